The van der Waals surface area contributed by atoms with Gasteiger partial charge in [-0.1, -0.05) is 6.58 Å². The zero-order valence-corrected chi connectivity index (χ0v) is 18.4. The Morgan fingerprint density at radius 1 is 1.06 bits per heavy atom. The molecule has 0 bridgehead atoms. The van der Waals surface area contributed by atoms with E-state index in [1.54, 1.807) is 31.1 Å². The Bertz CT molecular complexity index is 1270. The second-order valence-electron chi connectivity index (χ2n) is 8.40. The van der Waals surface area contributed by atoms with Crippen LogP contribution in [0.5, 0.6) is 0 Å². The van der Waals surface area contributed by atoms with Crippen molar-refractivity contribution in [1.29, 1.82) is 0 Å². The monoisotopic (exact) mass is 449 g/mol. The fraction of sp³-hybridized carbons (Fsp3) is 0.375. The number of ether oxygens (including phenoxy) is 1. The van der Waals surface area contributed by atoms with Crippen LogP contribution < -0.4 is 21.7 Å². The largest absolute Gasteiger partial charge is 0.386 e. The SMILES string of the molecule is C=CC(=O)N1CC[C@@H](n2c3c(n(-c4ccc(C(=O)N5CCOCC5)cc4)c2=O)=CNCC=3)C1. The molecule has 0 radical (unpaired) electrons. The molecule has 9 heteroatoms. The molecule has 33 heavy (non-hydrogen) atoms. The van der Waals surface area contributed by atoms with Crippen LogP contribution in [-0.4, -0.2) is 76.7 Å². The Morgan fingerprint density at radius 2 is 1.82 bits per heavy atom. The first-order chi connectivity index (χ1) is 16.1. The molecule has 0 spiro atoms. The van der Waals surface area contributed by atoms with E-state index in [1.165, 1.54) is 6.08 Å². The van der Waals surface area contributed by atoms with Gasteiger partial charge in [0.25, 0.3) is 5.91 Å². The summed E-state index contributed by atoms with van der Waals surface area (Å²) in [6.45, 7) is 7.55. The highest BCUT2D eigenvalue weighted by molar-refractivity contribution is 5.94. The van der Waals surface area contributed by atoms with Crippen LogP contribution in [0.25, 0.3) is 18.0 Å². The van der Waals surface area contributed by atoms with E-state index in [1.807, 2.05) is 24.4 Å². The standard InChI is InChI=1S/C24H27N5O4/c1-2-22(30)27-10-8-19(16-27)29-20-7-9-25-15-21(20)28(24(29)32)18-5-3-17(4-6-18)23(31)26-11-13-33-14-12-26/h2-7,15,19,25H,1,8-14,16H2/t19-/m1/s1. The van der Waals surface area contributed by atoms with Gasteiger partial charge in [0.2, 0.25) is 5.91 Å². The summed E-state index contributed by atoms with van der Waals surface area (Å²) in [7, 11) is 0. The molecule has 9 nitrogen and oxygen atoms in total. The third kappa shape index (κ3) is 3.78. The van der Waals surface area contributed by atoms with Crippen LogP contribution in [0.15, 0.2) is 41.7 Å². The van der Waals surface area contributed by atoms with Gasteiger partial charge in [-0.2, -0.15) is 0 Å². The molecule has 4 heterocycles. The van der Waals surface area contributed by atoms with Gasteiger partial charge in [0.1, 0.15) is 0 Å². The van der Waals surface area contributed by atoms with Crippen molar-refractivity contribution in [3.05, 3.63) is 63.7 Å². The number of carbonyl (C=O) groups is 2. The van der Waals surface area contributed by atoms with E-state index in [2.05, 4.69) is 11.9 Å². The predicted octanol–water partition coefficient (Wildman–Crippen LogP) is -0.807. The molecule has 0 unspecified atom stereocenters. The summed E-state index contributed by atoms with van der Waals surface area (Å²) in [5, 5.41) is 4.81. The van der Waals surface area contributed by atoms with E-state index >= 15 is 0 Å². The highest BCUT2D eigenvalue weighted by Crippen LogP contribution is 2.19. The summed E-state index contributed by atoms with van der Waals surface area (Å²) in [6, 6.07) is 7.06. The molecule has 5 rings (SSSR count). The second kappa shape index (κ2) is 8.74. The predicted molar refractivity (Wildman–Crippen MR) is 123 cm³/mol. The van der Waals surface area contributed by atoms with Crippen LogP contribution in [0.3, 0.4) is 0 Å². The van der Waals surface area contributed by atoms with Crippen LogP contribution in [0, 0.1) is 0 Å². The third-order valence-corrected chi connectivity index (χ3v) is 6.50. The van der Waals surface area contributed by atoms with Crippen molar-refractivity contribution < 1.29 is 14.3 Å². The van der Waals surface area contributed by atoms with Crippen molar-refractivity contribution in [2.45, 2.75) is 12.5 Å². The van der Waals surface area contributed by atoms with Crippen molar-refractivity contribution in [3.63, 3.8) is 0 Å². The number of carbonyl (C=O) groups excluding carboxylic acids is 2. The molecule has 2 aromatic rings. The number of hydrogen-bond donors (Lipinski definition) is 1. The van der Waals surface area contributed by atoms with Crippen molar-refractivity contribution in [2.75, 3.05) is 45.9 Å². The molecule has 0 saturated carbocycles. The van der Waals surface area contributed by atoms with Gasteiger partial charge in [0.15, 0.2) is 0 Å². The fourth-order valence-electron chi connectivity index (χ4n) is 4.79. The summed E-state index contributed by atoms with van der Waals surface area (Å²) in [6.07, 6.45) is 5.88. The normalized spacial score (nSPS) is 19.8. The number of fused-ring (bicyclic) bond motifs is 1. The first kappa shape index (κ1) is 21.3. The highest BCUT2D eigenvalue weighted by atomic mass is 16.5. The Hall–Kier alpha value is -3.59. The quantitative estimate of drug-likeness (QED) is 0.617. The van der Waals surface area contributed by atoms with E-state index in [-0.39, 0.29) is 23.5 Å². The van der Waals surface area contributed by atoms with Crippen LogP contribution in [0.2, 0.25) is 0 Å². The number of nitrogens with one attached hydrogen (secondary N) is 1. The molecule has 2 amide bonds. The lowest BCUT2D eigenvalue weighted by molar-refractivity contribution is -0.125. The zero-order chi connectivity index (χ0) is 22.9. The Balaban J connectivity index is 1.50. The number of benzene rings is 1. The first-order valence-electron chi connectivity index (χ1n) is 11.2. The van der Waals surface area contributed by atoms with Gasteiger partial charge in [-0.05, 0) is 42.8 Å². The van der Waals surface area contributed by atoms with Gasteiger partial charge >= 0.3 is 5.69 Å². The van der Waals surface area contributed by atoms with Crippen molar-refractivity contribution in [1.82, 2.24) is 24.3 Å². The topological polar surface area (TPSA) is 88.8 Å². The summed E-state index contributed by atoms with van der Waals surface area (Å²) in [5.41, 5.74) is 1.13. The molecule has 3 aliphatic heterocycles. The summed E-state index contributed by atoms with van der Waals surface area (Å²) in [5.74, 6) is -0.145. The van der Waals surface area contributed by atoms with E-state index in [0.717, 1.165) is 10.7 Å². The van der Waals surface area contributed by atoms with Crippen LogP contribution in [0.4, 0.5) is 0 Å². The molecular weight excluding hydrogens is 422 g/mol. The van der Waals surface area contributed by atoms with E-state index in [4.69, 9.17) is 4.74 Å². The minimum absolute atomic E-state index is 0.0312. The van der Waals surface area contributed by atoms with E-state index in [0.29, 0.717) is 63.6 Å². The van der Waals surface area contributed by atoms with Gasteiger partial charge in [-0.3, -0.25) is 18.7 Å². The van der Waals surface area contributed by atoms with Crippen LogP contribution in [-0.2, 0) is 9.53 Å². The maximum Gasteiger partial charge on any atom is 0.334 e. The smallest absolute Gasteiger partial charge is 0.334 e. The fourth-order valence-corrected chi connectivity index (χ4v) is 4.79. The lowest BCUT2D eigenvalue weighted by Gasteiger charge is -2.26. The molecular formula is C24H27N5O4. The third-order valence-electron chi connectivity index (χ3n) is 6.50. The average molecular weight is 450 g/mol. The number of nitrogens with zero attached hydrogens (tertiary/aromatic N) is 4. The number of aromatic nitrogens is 2. The number of hydrogen-bond acceptors (Lipinski definition) is 5. The lowest BCUT2D eigenvalue weighted by Crippen LogP contribution is -2.41. The molecule has 2 fully saturated rings. The lowest BCUT2D eigenvalue weighted by atomic mass is 10.1. The maximum atomic E-state index is 13.6. The molecule has 0 aliphatic carbocycles. The summed E-state index contributed by atoms with van der Waals surface area (Å²) < 4.78 is 8.79. The maximum absolute atomic E-state index is 13.6. The van der Waals surface area contributed by atoms with Crippen molar-refractivity contribution in [2.24, 2.45) is 0 Å². The van der Waals surface area contributed by atoms with E-state index < -0.39 is 0 Å². The number of amides is 2. The van der Waals surface area contributed by atoms with Gasteiger partial charge in [0, 0.05) is 44.5 Å². The second-order valence-corrected chi connectivity index (χ2v) is 8.40. The summed E-state index contributed by atoms with van der Waals surface area (Å²) >= 11 is 0. The van der Waals surface area contributed by atoms with Gasteiger partial charge in [-0.15, -0.1) is 0 Å². The molecule has 1 atom stereocenters. The van der Waals surface area contributed by atoms with Crippen molar-refractivity contribution in [3.8, 4) is 5.69 Å². The number of imidazole rings is 1. The van der Waals surface area contributed by atoms with Crippen LogP contribution >= 0.6 is 0 Å². The number of morpholine rings is 1. The minimum Gasteiger partial charge on any atom is -0.386 e. The average Bonchev–Trinajstić information content (AvgIpc) is 3.46. The van der Waals surface area contributed by atoms with E-state index in [9.17, 15) is 14.4 Å². The molecule has 1 N–H and O–H groups in total. The first-order valence-corrected chi connectivity index (χ1v) is 11.2. The molecule has 172 valence electrons. The molecule has 2 saturated heterocycles. The van der Waals surface area contributed by atoms with Crippen molar-refractivity contribution >= 4 is 24.1 Å². The van der Waals surface area contributed by atoms with Crippen LogP contribution in [0.1, 0.15) is 22.8 Å². The molecule has 1 aromatic carbocycles. The highest BCUT2D eigenvalue weighted by Gasteiger charge is 2.29. The number of likely N-dealkylation sites (tertiary alicyclic amines) is 1. The number of rotatable bonds is 4. The Kier molecular flexibility index (Phi) is 5.63. The minimum atomic E-state index is -0.152. The van der Waals surface area contributed by atoms with Gasteiger partial charge < -0.3 is 19.9 Å². The van der Waals surface area contributed by atoms with Gasteiger partial charge in [-0.25, -0.2) is 4.79 Å². The zero-order valence-electron chi connectivity index (χ0n) is 18.4. The van der Waals surface area contributed by atoms with Gasteiger partial charge in [0.05, 0.1) is 35.6 Å². The molecule has 1 aromatic heterocycles. The molecule has 3 aliphatic rings. The summed E-state index contributed by atoms with van der Waals surface area (Å²) in [4.78, 5) is 41.9. The Labute approximate surface area is 190 Å². The Morgan fingerprint density at radius 3 is 2.55 bits per heavy atom.